The Morgan fingerprint density at radius 1 is 1.22 bits per heavy atom. The van der Waals surface area contributed by atoms with Gasteiger partial charge in [-0.25, -0.2) is 0 Å². The summed E-state index contributed by atoms with van der Waals surface area (Å²) in [6, 6.07) is 4.43. The quantitative estimate of drug-likeness (QED) is 0.678. The minimum Gasteiger partial charge on any atom is -0.383 e. The molecule has 0 N–H and O–H groups in total. The van der Waals surface area contributed by atoms with E-state index in [1.165, 1.54) is 18.2 Å². The van der Waals surface area contributed by atoms with Crippen LogP contribution in [0.2, 0.25) is 0 Å². The maximum atomic E-state index is 12.8. The molecule has 0 bridgehead atoms. The number of hydrogen-bond donors (Lipinski definition) is 0. The molecule has 0 spiro atoms. The number of rotatable bonds is 7. The van der Waals surface area contributed by atoms with Crippen molar-refractivity contribution < 1.29 is 9.53 Å². The first-order valence-corrected chi connectivity index (χ1v) is 10.4. The predicted molar refractivity (Wildman–Crippen MR) is 105 cm³/mol. The summed E-state index contributed by atoms with van der Waals surface area (Å²) in [5, 5.41) is 9.41. The van der Waals surface area contributed by atoms with E-state index >= 15 is 0 Å². The highest BCUT2D eigenvalue weighted by Gasteiger charge is 2.29. The molecule has 0 radical (unpaired) electrons. The molecule has 0 aliphatic carbocycles. The number of carbonyl (C=O) groups is 1. The smallest absolute Gasteiger partial charge is 0.233 e. The Hall–Kier alpha value is -1.93. The Morgan fingerprint density at radius 2 is 1.93 bits per heavy atom. The summed E-state index contributed by atoms with van der Waals surface area (Å²) < 4.78 is 7.25. The van der Waals surface area contributed by atoms with Crippen LogP contribution in [0.1, 0.15) is 33.1 Å². The van der Waals surface area contributed by atoms with Crippen molar-refractivity contribution in [2.24, 2.45) is 0 Å². The molecule has 7 nitrogen and oxygen atoms in total. The Kier molecular flexibility index (Phi) is 6.84. The molecule has 0 unspecified atom stereocenters. The summed E-state index contributed by atoms with van der Waals surface area (Å²) in [5.74, 6) is 1.31. The zero-order valence-corrected chi connectivity index (χ0v) is 17.0. The fourth-order valence-corrected chi connectivity index (χ4v) is 4.44. The van der Waals surface area contributed by atoms with E-state index in [4.69, 9.17) is 4.74 Å². The summed E-state index contributed by atoms with van der Waals surface area (Å²) in [6.07, 6.45) is 6.83. The van der Waals surface area contributed by atoms with E-state index in [0.717, 1.165) is 29.4 Å². The SMILES string of the molecule is COCCn1c(SCC(=O)N2[C@H](C)CCC[C@@H]2C)nnc1-c1ccncc1. The molecule has 8 heteroatoms. The second-order valence-electron chi connectivity index (χ2n) is 6.91. The van der Waals surface area contributed by atoms with Crippen molar-refractivity contribution in [3.05, 3.63) is 24.5 Å². The number of pyridine rings is 1. The molecule has 2 aromatic rings. The Morgan fingerprint density at radius 3 is 2.59 bits per heavy atom. The Bertz CT molecular complexity index is 742. The zero-order valence-electron chi connectivity index (χ0n) is 16.2. The molecule has 0 aromatic carbocycles. The van der Waals surface area contributed by atoms with Crippen LogP contribution in [0.5, 0.6) is 0 Å². The molecule has 3 rings (SSSR count). The molecular formula is C19H27N5O2S. The molecule has 146 valence electrons. The highest BCUT2D eigenvalue weighted by molar-refractivity contribution is 7.99. The van der Waals surface area contributed by atoms with Gasteiger partial charge in [0, 0.05) is 37.2 Å². The third kappa shape index (κ3) is 4.68. The zero-order chi connectivity index (χ0) is 19.2. The first kappa shape index (κ1) is 19.8. The van der Waals surface area contributed by atoms with E-state index in [-0.39, 0.29) is 5.91 Å². The van der Waals surface area contributed by atoms with Gasteiger partial charge in [-0.3, -0.25) is 14.3 Å². The Balaban J connectivity index is 1.74. The van der Waals surface area contributed by atoms with E-state index in [0.29, 0.717) is 31.0 Å². The maximum Gasteiger partial charge on any atom is 0.233 e. The summed E-state index contributed by atoms with van der Waals surface area (Å²) in [6.45, 7) is 5.47. The van der Waals surface area contributed by atoms with Gasteiger partial charge in [0.25, 0.3) is 0 Å². The first-order valence-electron chi connectivity index (χ1n) is 9.38. The monoisotopic (exact) mass is 389 g/mol. The van der Waals surface area contributed by atoms with Crippen LogP contribution in [-0.4, -0.2) is 62.1 Å². The van der Waals surface area contributed by atoms with Crippen LogP contribution in [0.25, 0.3) is 11.4 Å². The van der Waals surface area contributed by atoms with Crippen LogP contribution in [0.4, 0.5) is 0 Å². The summed E-state index contributed by atoms with van der Waals surface area (Å²) in [7, 11) is 1.67. The van der Waals surface area contributed by atoms with Crippen molar-refractivity contribution in [3.63, 3.8) is 0 Å². The molecule has 1 aliphatic rings. The van der Waals surface area contributed by atoms with Gasteiger partial charge in [0.05, 0.1) is 18.9 Å². The average Bonchev–Trinajstić information content (AvgIpc) is 3.08. The van der Waals surface area contributed by atoms with Gasteiger partial charge in [0.15, 0.2) is 11.0 Å². The summed E-state index contributed by atoms with van der Waals surface area (Å²) >= 11 is 1.45. The maximum absolute atomic E-state index is 12.8. The fourth-order valence-electron chi connectivity index (χ4n) is 3.61. The molecule has 1 fully saturated rings. The highest BCUT2D eigenvalue weighted by atomic mass is 32.2. The summed E-state index contributed by atoms with van der Waals surface area (Å²) in [5.41, 5.74) is 0.949. The number of ether oxygens (including phenoxy) is 1. The number of aromatic nitrogens is 4. The number of thioether (sulfide) groups is 1. The van der Waals surface area contributed by atoms with Crippen molar-refractivity contribution in [1.82, 2.24) is 24.6 Å². The lowest BCUT2D eigenvalue weighted by molar-refractivity contribution is -0.134. The second-order valence-corrected chi connectivity index (χ2v) is 7.85. The van der Waals surface area contributed by atoms with Gasteiger partial charge in [-0.15, -0.1) is 10.2 Å². The third-order valence-corrected chi connectivity index (χ3v) is 5.93. The molecule has 3 heterocycles. The van der Waals surface area contributed by atoms with Crippen LogP contribution in [-0.2, 0) is 16.1 Å². The minimum absolute atomic E-state index is 0.173. The highest BCUT2D eigenvalue weighted by Crippen LogP contribution is 2.27. The van der Waals surface area contributed by atoms with E-state index in [2.05, 4.69) is 29.0 Å². The van der Waals surface area contributed by atoms with Gasteiger partial charge in [-0.05, 0) is 45.2 Å². The molecule has 1 amide bonds. The van der Waals surface area contributed by atoms with Gasteiger partial charge in [-0.1, -0.05) is 11.8 Å². The number of carbonyl (C=O) groups excluding carboxylic acids is 1. The molecule has 0 saturated carbocycles. The van der Waals surface area contributed by atoms with Crippen molar-refractivity contribution >= 4 is 17.7 Å². The van der Waals surface area contributed by atoms with E-state index in [9.17, 15) is 4.79 Å². The topological polar surface area (TPSA) is 73.1 Å². The molecular weight excluding hydrogens is 362 g/mol. The Labute approximate surface area is 164 Å². The van der Waals surface area contributed by atoms with Crippen LogP contribution >= 0.6 is 11.8 Å². The van der Waals surface area contributed by atoms with Gasteiger partial charge < -0.3 is 9.64 Å². The van der Waals surface area contributed by atoms with Crippen LogP contribution < -0.4 is 0 Å². The van der Waals surface area contributed by atoms with Crippen LogP contribution in [0.3, 0.4) is 0 Å². The first-order chi connectivity index (χ1) is 13.1. The average molecular weight is 390 g/mol. The summed E-state index contributed by atoms with van der Waals surface area (Å²) in [4.78, 5) is 18.9. The number of piperidine rings is 1. The van der Waals surface area contributed by atoms with Crippen molar-refractivity contribution in [2.45, 2.75) is 56.9 Å². The molecule has 2 aromatic heterocycles. The number of methoxy groups -OCH3 is 1. The molecule has 27 heavy (non-hydrogen) atoms. The van der Waals surface area contributed by atoms with Gasteiger partial charge >= 0.3 is 0 Å². The normalized spacial score (nSPS) is 20.0. The van der Waals surface area contributed by atoms with Gasteiger partial charge in [0.2, 0.25) is 5.91 Å². The van der Waals surface area contributed by atoms with E-state index in [1.54, 1.807) is 19.5 Å². The van der Waals surface area contributed by atoms with E-state index in [1.807, 2.05) is 21.6 Å². The predicted octanol–water partition coefficient (Wildman–Crippen LogP) is 2.87. The number of likely N-dealkylation sites (tertiary alicyclic amines) is 1. The third-order valence-electron chi connectivity index (χ3n) is 4.98. The van der Waals surface area contributed by atoms with Crippen molar-refractivity contribution in [2.75, 3.05) is 19.5 Å². The number of hydrogen-bond acceptors (Lipinski definition) is 6. The number of nitrogens with zero attached hydrogens (tertiary/aromatic N) is 5. The fraction of sp³-hybridized carbons (Fsp3) is 0.579. The van der Waals surface area contributed by atoms with Crippen LogP contribution in [0, 0.1) is 0 Å². The largest absolute Gasteiger partial charge is 0.383 e. The van der Waals surface area contributed by atoms with Gasteiger partial charge in [-0.2, -0.15) is 0 Å². The van der Waals surface area contributed by atoms with Crippen molar-refractivity contribution in [1.29, 1.82) is 0 Å². The minimum atomic E-state index is 0.173. The lowest BCUT2D eigenvalue weighted by atomic mass is 9.98. The van der Waals surface area contributed by atoms with Crippen LogP contribution in [0.15, 0.2) is 29.7 Å². The molecule has 2 atom stereocenters. The lowest BCUT2D eigenvalue weighted by Crippen LogP contribution is -2.48. The number of amides is 1. The molecule has 1 aliphatic heterocycles. The van der Waals surface area contributed by atoms with Gasteiger partial charge in [0.1, 0.15) is 0 Å². The van der Waals surface area contributed by atoms with E-state index < -0.39 is 0 Å². The standard InChI is InChI=1S/C19H27N5O2S/c1-14-5-4-6-15(2)24(14)17(25)13-27-19-22-21-18(23(19)11-12-26-3)16-7-9-20-10-8-16/h7-10,14-15H,4-6,11-13H2,1-3H3/t14-,15+. The van der Waals surface area contributed by atoms with Crippen molar-refractivity contribution in [3.8, 4) is 11.4 Å². The lowest BCUT2D eigenvalue weighted by Gasteiger charge is -2.39. The second kappa shape index (κ2) is 9.32. The molecule has 1 saturated heterocycles.